The quantitative estimate of drug-likeness (QED) is 0.760. The van der Waals surface area contributed by atoms with Gasteiger partial charge in [0.2, 0.25) is 5.82 Å². The van der Waals surface area contributed by atoms with Crippen LogP contribution in [-0.4, -0.2) is 28.9 Å². The second-order valence-electron chi connectivity index (χ2n) is 7.21. The minimum Gasteiger partial charge on any atom is -0.493 e. The third kappa shape index (κ3) is 3.39. The maximum Gasteiger partial charge on any atom is 0.417 e. The molecule has 4 atom stereocenters. The van der Waals surface area contributed by atoms with Crippen LogP contribution in [0.3, 0.4) is 0 Å². The van der Waals surface area contributed by atoms with Crippen LogP contribution in [0.5, 0.6) is 5.75 Å². The van der Waals surface area contributed by atoms with Gasteiger partial charge in [-0.15, -0.1) is 0 Å². The molecule has 1 fully saturated rings. The van der Waals surface area contributed by atoms with Crippen LogP contribution in [0.1, 0.15) is 43.0 Å². The van der Waals surface area contributed by atoms with Crippen molar-refractivity contribution in [3.63, 3.8) is 0 Å². The SMILES string of the molecule is COc1c([C@H]2[C@H](c3nc(C)cc(=O)[nH]3)O[C@@](C)(C(F)(F)F)[C@H]2C)ccc(F)c1F. The summed E-state index contributed by atoms with van der Waals surface area (Å²) in [6, 6.07) is 3.15. The molecule has 1 N–H and O–H groups in total. The predicted molar refractivity (Wildman–Crippen MR) is 92.7 cm³/mol. The average molecular weight is 418 g/mol. The van der Waals surface area contributed by atoms with E-state index in [-0.39, 0.29) is 17.1 Å². The lowest BCUT2D eigenvalue weighted by Crippen LogP contribution is -2.46. The fraction of sp³-hybridized carbons (Fsp3) is 0.474. The zero-order chi connectivity index (χ0) is 21.7. The van der Waals surface area contributed by atoms with E-state index >= 15 is 0 Å². The van der Waals surface area contributed by atoms with Crippen molar-refractivity contribution < 1.29 is 31.4 Å². The lowest BCUT2D eigenvalue weighted by atomic mass is 9.77. The molecule has 0 aliphatic carbocycles. The van der Waals surface area contributed by atoms with Crippen LogP contribution in [0.4, 0.5) is 22.0 Å². The minimum atomic E-state index is -4.77. The van der Waals surface area contributed by atoms with Gasteiger partial charge in [-0.05, 0) is 19.9 Å². The Labute approximate surface area is 162 Å². The summed E-state index contributed by atoms with van der Waals surface area (Å²) in [5, 5.41) is 0. The fourth-order valence-electron chi connectivity index (χ4n) is 3.79. The first-order valence-electron chi connectivity index (χ1n) is 8.75. The summed E-state index contributed by atoms with van der Waals surface area (Å²) < 4.78 is 80.0. The van der Waals surface area contributed by atoms with Crippen molar-refractivity contribution in [1.29, 1.82) is 0 Å². The van der Waals surface area contributed by atoms with Crippen LogP contribution in [-0.2, 0) is 4.74 Å². The van der Waals surface area contributed by atoms with Gasteiger partial charge >= 0.3 is 6.18 Å². The first-order valence-corrected chi connectivity index (χ1v) is 8.75. The van der Waals surface area contributed by atoms with E-state index in [0.717, 1.165) is 26.2 Å². The second-order valence-corrected chi connectivity index (χ2v) is 7.21. The Morgan fingerprint density at radius 3 is 2.48 bits per heavy atom. The molecule has 1 aromatic heterocycles. The van der Waals surface area contributed by atoms with E-state index in [9.17, 15) is 26.7 Å². The largest absolute Gasteiger partial charge is 0.493 e. The van der Waals surface area contributed by atoms with Gasteiger partial charge < -0.3 is 14.5 Å². The van der Waals surface area contributed by atoms with Crippen LogP contribution >= 0.6 is 0 Å². The summed E-state index contributed by atoms with van der Waals surface area (Å²) in [6.45, 7) is 3.69. The Morgan fingerprint density at radius 1 is 1.28 bits per heavy atom. The molecule has 158 valence electrons. The van der Waals surface area contributed by atoms with Gasteiger partial charge in [-0.25, -0.2) is 9.37 Å². The van der Waals surface area contributed by atoms with Crippen LogP contribution in [0, 0.1) is 24.5 Å². The van der Waals surface area contributed by atoms with Gasteiger partial charge in [-0.1, -0.05) is 13.0 Å². The highest BCUT2D eigenvalue weighted by atomic mass is 19.4. The number of halogens is 5. The highest BCUT2D eigenvalue weighted by molar-refractivity contribution is 5.41. The number of benzene rings is 1. The number of rotatable bonds is 3. The van der Waals surface area contributed by atoms with Crippen molar-refractivity contribution in [3.05, 3.63) is 57.3 Å². The Balaban J connectivity index is 2.25. The van der Waals surface area contributed by atoms with E-state index in [2.05, 4.69) is 9.97 Å². The minimum absolute atomic E-state index is 0.0129. The third-order valence-corrected chi connectivity index (χ3v) is 5.47. The number of ether oxygens (including phenoxy) is 2. The average Bonchev–Trinajstić information content (AvgIpc) is 2.89. The Kier molecular flexibility index (Phi) is 5.18. The summed E-state index contributed by atoms with van der Waals surface area (Å²) in [5.74, 6) is -5.53. The molecule has 1 saturated heterocycles. The van der Waals surface area contributed by atoms with E-state index in [1.165, 1.54) is 19.9 Å². The molecular formula is C19H19F5N2O3. The molecule has 0 amide bonds. The molecule has 10 heteroatoms. The molecule has 1 aliphatic heterocycles. The summed E-state index contributed by atoms with van der Waals surface area (Å²) in [7, 11) is 1.09. The first kappa shape index (κ1) is 21.2. The van der Waals surface area contributed by atoms with Crippen LogP contribution < -0.4 is 10.3 Å². The number of nitrogens with zero attached hydrogens (tertiary/aromatic N) is 1. The lowest BCUT2D eigenvalue weighted by molar-refractivity contribution is -0.275. The summed E-state index contributed by atoms with van der Waals surface area (Å²) >= 11 is 0. The Bertz CT molecular complexity index is 991. The van der Waals surface area contributed by atoms with Gasteiger partial charge in [0.25, 0.3) is 5.56 Å². The fourth-order valence-corrected chi connectivity index (χ4v) is 3.79. The van der Waals surface area contributed by atoms with Crippen LogP contribution in [0.2, 0.25) is 0 Å². The van der Waals surface area contributed by atoms with Crippen molar-refractivity contribution in [2.45, 2.75) is 44.6 Å². The smallest absolute Gasteiger partial charge is 0.417 e. The number of alkyl halides is 3. The first-order chi connectivity index (χ1) is 13.4. The normalized spacial score (nSPS) is 27.3. The molecule has 0 spiro atoms. The molecule has 1 aromatic carbocycles. The summed E-state index contributed by atoms with van der Waals surface area (Å²) in [4.78, 5) is 18.4. The van der Waals surface area contributed by atoms with E-state index in [1.54, 1.807) is 0 Å². The molecule has 0 saturated carbocycles. The lowest BCUT2D eigenvalue weighted by Gasteiger charge is -2.32. The van der Waals surface area contributed by atoms with Crippen molar-refractivity contribution in [1.82, 2.24) is 9.97 Å². The van der Waals surface area contributed by atoms with Gasteiger partial charge in [0.15, 0.2) is 17.2 Å². The van der Waals surface area contributed by atoms with Crippen molar-refractivity contribution >= 4 is 0 Å². The number of methoxy groups -OCH3 is 1. The maximum absolute atomic E-state index is 14.3. The van der Waals surface area contributed by atoms with Gasteiger partial charge in [-0.2, -0.15) is 17.6 Å². The molecular weight excluding hydrogens is 399 g/mol. The Hall–Kier alpha value is -2.49. The molecule has 0 bridgehead atoms. The van der Waals surface area contributed by atoms with Crippen LogP contribution in [0.25, 0.3) is 0 Å². The summed E-state index contributed by atoms with van der Waals surface area (Å²) in [6.07, 6.45) is -6.14. The van der Waals surface area contributed by atoms with E-state index < -0.39 is 52.7 Å². The molecule has 1 aliphatic rings. The van der Waals surface area contributed by atoms with Crippen molar-refractivity contribution in [2.75, 3.05) is 7.11 Å². The molecule has 2 heterocycles. The number of H-pyrrole nitrogens is 1. The highest BCUT2D eigenvalue weighted by Crippen LogP contribution is 2.59. The van der Waals surface area contributed by atoms with Crippen LogP contribution in [0.15, 0.2) is 23.0 Å². The van der Waals surface area contributed by atoms with Crippen molar-refractivity contribution in [3.8, 4) is 5.75 Å². The zero-order valence-electron chi connectivity index (χ0n) is 16.0. The van der Waals surface area contributed by atoms with E-state index in [4.69, 9.17) is 9.47 Å². The highest BCUT2D eigenvalue weighted by Gasteiger charge is 2.65. The zero-order valence-corrected chi connectivity index (χ0v) is 16.0. The Morgan fingerprint density at radius 2 is 1.93 bits per heavy atom. The molecule has 0 radical (unpaired) electrons. The van der Waals surface area contributed by atoms with E-state index in [1.807, 2.05) is 0 Å². The second kappa shape index (κ2) is 7.08. The number of aromatic nitrogens is 2. The standard InChI is InChI=1S/C19H19F5N2O3/c1-8-7-12(27)26-17(25-8)16-13(9(2)18(3,29-16)19(22,23)24)10-5-6-11(20)14(21)15(10)28-4/h5-7,9,13,16H,1-4H3,(H,25,26,27)/t9-,13-,16+,18+/m0/s1. The molecule has 29 heavy (non-hydrogen) atoms. The predicted octanol–water partition coefficient (Wildman–Crippen LogP) is 4.18. The van der Waals surface area contributed by atoms with Gasteiger partial charge in [0, 0.05) is 29.2 Å². The summed E-state index contributed by atoms with van der Waals surface area (Å²) in [5.41, 5.74) is -2.93. The number of hydrogen-bond acceptors (Lipinski definition) is 4. The third-order valence-electron chi connectivity index (χ3n) is 5.47. The maximum atomic E-state index is 14.3. The number of aromatic amines is 1. The number of aryl methyl sites for hydroxylation is 1. The number of hydrogen-bond donors (Lipinski definition) is 1. The van der Waals surface area contributed by atoms with Gasteiger partial charge in [0.1, 0.15) is 11.9 Å². The molecule has 3 rings (SSSR count). The van der Waals surface area contributed by atoms with Gasteiger partial charge in [0.05, 0.1) is 7.11 Å². The van der Waals surface area contributed by atoms with Gasteiger partial charge in [-0.3, -0.25) is 4.79 Å². The monoisotopic (exact) mass is 418 g/mol. The topological polar surface area (TPSA) is 64.2 Å². The van der Waals surface area contributed by atoms with Crippen molar-refractivity contribution in [2.24, 2.45) is 5.92 Å². The number of nitrogens with one attached hydrogen (secondary N) is 1. The van der Waals surface area contributed by atoms with E-state index in [0.29, 0.717) is 0 Å². The molecule has 5 nitrogen and oxygen atoms in total. The molecule has 2 aromatic rings. The molecule has 0 unspecified atom stereocenters.